The standard InChI is InChI=1S/C30H24Cl3NO10/c1-39-27(38)22-20(40-24(35)17-11-5-2-6-12-17)21(41-25(36)18-13-7-3-8-14-18)23(28(43-22)44-29(34)30(31,32)33)42-26(37)19-15-9-4-10-16-19/h2-16,20-23,28,34H,1H3/t20-,21?,22?,23?,28+/m0/s1. The zero-order chi connectivity index (χ0) is 31.9. The number of rotatable bonds is 8. The molecule has 4 rings (SSSR count). The first-order chi connectivity index (χ1) is 21.0. The Balaban J connectivity index is 1.81. The predicted octanol–water partition coefficient (Wildman–Crippen LogP) is 4.93. The van der Waals surface area contributed by atoms with Crippen molar-refractivity contribution < 1.29 is 47.6 Å². The van der Waals surface area contributed by atoms with Gasteiger partial charge in [0.2, 0.25) is 18.3 Å². The van der Waals surface area contributed by atoms with Gasteiger partial charge in [0, 0.05) is 0 Å². The van der Waals surface area contributed by atoms with Crippen LogP contribution in [0.15, 0.2) is 91.0 Å². The summed E-state index contributed by atoms with van der Waals surface area (Å²) in [5.41, 5.74) is 0.226. The molecule has 0 amide bonds. The third-order valence-corrected chi connectivity index (χ3v) is 6.69. The van der Waals surface area contributed by atoms with Gasteiger partial charge in [-0.05, 0) is 36.4 Å². The van der Waals surface area contributed by atoms with Gasteiger partial charge in [0.15, 0.2) is 18.3 Å². The van der Waals surface area contributed by atoms with Gasteiger partial charge in [0.05, 0.1) is 23.8 Å². The minimum absolute atomic E-state index is 0.0707. The first kappa shape index (κ1) is 32.7. The lowest BCUT2D eigenvalue weighted by Crippen LogP contribution is -2.64. The molecule has 0 spiro atoms. The third kappa shape index (κ3) is 8.06. The molecule has 0 bridgehead atoms. The summed E-state index contributed by atoms with van der Waals surface area (Å²) >= 11 is 17.4. The second-order valence-electron chi connectivity index (χ2n) is 9.10. The number of halogens is 3. The molecule has 0 radical (unpaired) electrons. The van der Waals surface area contributed by atoms with E-state index in [0.29, 0.717) is 0 Å². The number of hydrogen-bond acceptors (Lipinski definition) is 11. The topological polar surface area (TPSA) is 148 Å². The predicted molar refractivity (Wildman–Crippen MR) is 157 cm³/mol. The summed E-state index contributed by atoms with van der Waals surface area (Å²) in [5.74, 6) is -4.89. The lowest BCUT2D eigenvalue weighted by Gasteiger charge is -2.43. The molecule has 3 aromatic rings. The van der Waals surface area contributed by atoms with E-state index in [4.69, 9.17) is 68.6 Å². The van der Waals surface area contributed by atoms with Crippen molar-refractivity contribution in [1.29, 1.82) is 5.41 Å². The first-order valence-corrected chi connectivity index (χ1v) is 14.0. The number of carbonyl (C=O) groups is 4. The van der Waals surface area contributed by atoms with Crippen LogP contribution in [0.2, 0.25) is 0 Å². The number of alkyl halides is 3. The van der Waals surface area contributed by atoms with E-state index in [-0.39, 0.29) is 16.7 Å². The number of methoxy groups -OCH3 is 1. The summed E-state index contributed by atoms with van der Waals surface area (Å²) in [4.78, 5) is 52.8. The molecule has 1 saturated heterocycles. The van der Waals surface area contributed by atoms with E-state index in [9.17, 15) is 19.2 Å². The molecule has 0 aliphatic carbocycles. The average molecular weight is 665 g/mol. The highest BCUT2D eigenvalue weighted by Gasteiger charge is 2.57. The van der Waals surface area contributed by atoms with Gasteiger partial charge in [0.1, 0.15) is 0 Å². The highest BCUT2D eigenvalue weighted by atomic mass is 35.6. The number of esters is 4. The van der Waals surface area contributed by atoms with Crippen LogP contribution in [0.4, 0.5) is 0 Å². The molecular weight excluding hydrogens is 641 g/mol. The largest absolute Gasteiger partial charge is 0.467 e. The molecule has 1 heterocycles. The molecule has 230 valence electrons. The first-order valence-electron chi connectivity index (χ1n) is 12.8. The van der Waals surface area contributed by atoms with Crippen molar-refractivity contribution in [2.75, 3.05) is 7.11 Å². The van der Waals surface area contributed by atoms with Gasteiger partial charge in [-0.3, -0.25) is 5.41 Å². The number of hydrogen-bond donors (Lipinski definition) is 1. The number of carbonyl (C=O) groups excluding carboxylic acids is 4. The van der Waals surface area contributed by atoms with Crippen molar-refractivity contribution >= 4 is 64.6 Å². The van der Waals surface area contributed by atoms with Gasteiger partial charge in [-0.15, -0.1) is 0 Å². The molecule has 1 fully saturated rings. The fraction of sp³-hybridized carbons (Fsp3) is 0.233. The fourth-order valence-corrected chi connectivity index (χ4v) is 4.21. The molecular formula is C30H24Cl3NO10. The van der Waals surface area contributed by atoms with Crippen LogP contribution >= 0.6 is 34.8 Å². The van der Waals surface area contributed by atoms with E-state index in [0.717, 1.165) is 7.11 Å². The zero-order valence-electron chi connectivity index (χ0n) is 22.8. The fourth-order valence-electron chi connectivity index (χ4n) is 4.08. The maximum Gasteiger partial charge on any atom is 0.339 e. The Morgan fingerprint density at radius 1 is 0.636 bits per heavy atom. The van der Waals surface area contributed by atoms with Crippen molar-refractivity contribution in [2.24, 2.45) is 0 Å². The normalized spacial score (nSPS) is 21.3. The second-order valence-corrected chi connectivity index (χ2v) is 11.4. The van der Waals surface area contributed by atoms with Crippen LogP contribution in [0.25, 0.3) is 0 Å². The molecule has 3 unspecified atom stereocenters. The van der Waals surface area contributed by atoms with Crippen LogP contribution < -0.4 is 0 Å². The van der Waals surface area contributed by atoms with Gasteiger partial charge < -0.3 is 28.4 Å². The van der Waals surface area contributed by atoms with E-state index < -0.39 is 64.3 Å². The quantitative estimate of drug-likeness (QED) is 0.116. The Hall–Kier alpha value is -4.16. The summed E-state index contributed by atoms with van der Waals surface area (Å²) in [5, 5.41) is 8.10. The summed E-state index contributed by atoms with van der Waals surface area (Å²) < 4.78 is 30.8. The minimum atomic E-state index is -2.41. The lowest BCUT2D eigenvalue weighted by molar-refractivity contribution is -0.274. The minimum Gasteiger partial charge on any atom is -0.467 e. The average Bonchev–Trinajstić information content (AvgIpc) is 3.03. The Morgan fingerprint density at radius 3 is 1.41 bits per heavy atom. The van der Waals surface area contributed by atoms with Gasteiger partial charge >= 0.3 is 23.9 Å². The Morgan fingerprint density at radius 2 is 1.02 bits per heavy atom. The summed E-state index contributed by atoms with van der Waals surface area (Å²) in [6.45, 7) is 0. The van der Waals surface area contributed by atoms with Gasteiger partial charge in [-0.25, -0.2) is 19.2 Å². The third-order valence-electron chi connectivity index (χ3n) is 6.18. The van der Waals surface area contributed by atoms with E-state index in [1.165, 1.54) is 36.4 Å². The van der Waals surface area contributed by atoms with E-state index in [2.05, 4.69) is 0 Å². The molecule has 5 atom stereocenters. The highest BCUT2D eigenvalue weighted by molar-refractivity contribution is 6.76. The Labute approximate surface area is 266 Å². The molecule has 44 heavy (non-hydrogen) atoms. The van der Waals surface area contributed by atoms with Gasteiger partial charge in [-0.2, -0.15) is 0 Å². The van der Waals surface area contributed by atoms with Gasteiger partial charge in [0.25, 0.3) is 3.79 Å². The molecule has 11 nitrogen and oxygen atoms in total. The number of benzene rings is 3. The van der Waals surface area contributed by atoms with Crippen LogP contribution in [0.5, 0.6) is 0 Å². The van der Waals surface area contributed by atoms with Crippen LogP contribution in [0.3, 0.4) is 0 Å². The van der Waals surface area contributed by atoms with Crippen LogP contribution in [0.1, 0.15) is 31.1 Å². The second kappa shape index (κ2) is 14.5. The Kier molecular flexibility index (Phi) is 10.8. The van der Waals surface area contributed by atoms with Crippen LogP contribution in [-0.4, -0.2) is 71.4 Å². The van der Waals surface area contributed by atoms with E-state index in [1.807, 2.05) is 0 Å². The Bertz CT molecular complexity index is 1490. The molecule has 1 aliphatic rings. The molecule has 1 N–H and O–H groups in total. The zero-order valence-corrected chi connectivity index (χ0v) is 25.0. The van der Waals surface area contributed by atoms with Crippen LogP contribution in [0, 0.1) is 5.41 Å². The smallest absolute Gasteiger partial charge is 0.339 e. The molecule has 0 saturated carbocycles. The number of nitrogens with one attached hydrogen (secondary N) is 1. The molecule has 3 aromatic carbocycles. The summed E-state index contributed by atoms with van der Waals surface area (Å²) in [7, 11) is 1.04. The van der Waals surface area contributed by atoms with E-state index in [1.54, 1.807) is 54.6 Å². The van der Waals surface area contributed by atoms with Crippen LogP contribution in [-0.2, 0) is 33.2 Å². The van der Waals surface area contributed by atoms with Crippen molar-refractivity contribution in [3.05, 3.63) is 108 Å². The molecule has 1 aliphatic heterocycles. The maximum atomic E-state index is 13.3. The van der Waals surface area contributed by atoms with Crippen molar-refractivity contribution in [3.8, 4) is 0 Å². The summed E-state index contributed by atoms with van der Waals surface area (Å²) in [6.07, 6.45) is -9.08. The lowest BCUT2D eigenvalue weighted by atomic mass is 9.97. The van der Waals surface area contributed by atoms with Crippen molar-refractivity contribution in [3.63, 3.8) is 0 Å². The summed E-state index contributed by atoms with van der Waals surface area (Å²) in [6, 6.07) is 23.1. The van der Waals surface area contributed by atoms with E-state index >= 15 is 0 Å². The molecule has 0 aromatic heterocycles. The van der Waals surface area contributed by atoms with Crippen molar-refractivity contribution in [1.82, 2.24) is 0 Å². The SMILES string of the molecule is COC(=O)C1O[C@H](OC(=N)C(Cl)(Cl)Cl)C(OC(=O)c2ccccc2)C(OC(=O)c2ccccc2)[C@@H]1OC(=O)c1ccccc1. The van der Waals surface area contributed by atoms with Crippen molar-refractivity contribution in [2.45, 2.75) is 34.5 Å². The van der Waals surface area contributed by atoms with Gasteiger partial charge in [-0.1, -0.05) is 89.4 Å². The maximum absolute atomic E-state index is 13.3. The monoisotopic (exact) mass is 663 g/mol. The highest BCUT2D eigenvalue weighted by Crippen LogP contribution is 2.35. The molecule has 14 heteroatoms. The number of ether oxygens (including phenoxy) is 6.